The molecule has 0 fully saturated rings. The van der Waals surface area contributed by atoms with Crippen molar-refractivity contribution in [2.75, 3.05) is 0 Å². The van der Waals surface area contributed by atoms with E-state index in [9.17, 15) is 8.78 Å². The van der Waals surface area contributed by atoms with Crippen LogP contribution < -0.4 is 0 Å². The average molecular weight is 301 g/mol. The molecule has 1 unspecified atom stereocenters. The Labute approximate surface area is 121 Å². The molecule has 4 heteroatoms. The quantitative estimate of drug-likeness (QED) is 0.637. The van der Waals surface area contributed by atoms with Gasteiger partial charge in [0.05, 0.1) is 5.38 Å². The van der Waals surface area contributed by atoms with E-state index in [1.165, 1.54) is 12.1 Å². The van der Waals surface area contributed by atoms with Crippen molar-refractivity contribution in [1.29, 1.82) is 0 Å². The number of hydrogen-bond donors (Lipinski definition) is 0. The van der Waals surface area contributed by atoms with Gasteiger partial charge in [-0.1, -0.05) is 23.7 Å². The summed E-state index contributed by atoms with van der Waals surface area (Å²) in [6.07, 6.45) is 0. The van der Waals surface area contributed by atoms with Crippen LogP contribution in [0.4, 0.5) is 8.78 Å². The van der Waals surface area contributed by atoms with Gasteiger partial charge >= 0.3 is 0 Å². The van der Waals surface area contributed by atoms with Crippen LogP contribution in [0.2, 0.25) is 5.02 Å². The zero-order valence-corrected chi connectivity index (χ0v) is 12.0. The topological polar surface area (TPSA) is 0 Å². The zero-order chi connectivity index (χ0) is 14.2. The normalized spacial score (nSPS) is 12.5. The standard InChI is InChI=1S/C15H12Cl2F2/c1-8-5-12(13(16)6-9(8)2)15(17)11-4-3-10(18)7-14(11)19/h3-7,15H,1-2H3. The molecular formula is C15H12Cl2F2. The van der Waals surface area contributed by atoms with Crippen molar-refractivity contribution >= 4 is 23.2 Å². The van der Waals surface area contributed by atoms with Gasteiger partial charge in [-0.25, -0.2) is 8.78 Å². The van der Waals surface area contributed by atoms with Crippen molar-refractivity contribution < 1.29 is 8.78 Å². The molecule has 0 N–H and O–H groups in total. The number of alkyl halides is 1. The molecular weight excluding hydrogens is 289 g/mol. The summed E-state index contributed by atoms with van der Waals surface area (Å²) in [6, 6.07) is 6.97. The van der Waals surface area contributed by atoms with Crippen LogP contribution in [0.25, 0.3) is 0 Å². The van der Waals surface area contributed by atoms with Gasteiger partial charge in [0.25, 0.3) is 0 Å². The molecule has 100 valence electrons. The highest BCUT2D eigenvalue weighted by molar-refractivity contribution is 6.33. The highest BCUT2D eigenvalue weighted by atomic mass is 35.5. The van der Waals surface area contributed by atoms with Crippen LogP contribution >= 0.6 is 23.2 Å². The predicted molar refractivity (Wildman–Crippen MR) is 75.0 cm³/mol. The lowest BCUT2D eigenvalue weighted by molar-refractivity contribution is 0.573. The minimum atomic E-state index is -0.743. The van der Waals surface area contributed by atoms with Crippen molar-refractivity contribution in [3.05, 3.63) is 69.2 Å². The van der Waals surface area contributed by atoms with Crippen molar-refractivity contribution in [3.63, 3.8) is 0 Å². The predicted octanol–water partition coefficient (Wildman–Crippen LogP) is 5.56. The van der Waals surface area contributed by atoms with E-state index in [2.05, 4.69) is 0 Å². The summed E-state index contributed by atoms with van der Waals surface area (Å²) in [5.41, 5.74) is 2.90. The van der Waals surface area contributed by atoms with Crippen LogP contribution in [0.1, 0.15) is 27.6 Å². The van der Waals surface area contributed by atoms with Crippen LogP contribution in [0.15, 0.2) is 30.3 Å². The summed E-state index contributed by atoms with van der Waals surface area (Å²) in [5, 5.41) is -0.265. The van der Waals surface area contributed by atoms with Gasteiger partial charge in [-0.2, -0.15) is 0 Å². The van der Waals surface area contributed by atoms with Gasteiger partial charge in [0, 0.05) is 16.7 Å². The van der Waals surface area contributed by atoms with Gasteiger partial charge in [0.15, 0.2) is 0 Å². The molecule has 0 aromatic heterocycles. The Balaban J connectivity index is 2.49. The Morgan fingerprint density at radius 3 is 2.21 bits per heavy atom. The highest BCUT2D eigenvalue weighted by Gasteiger charge is 2.19. The number of hydrogen-bond acceptors (Lipinski definition) is 0. The first-order chi connectivity index (χ1) is 8.90. The molecule has 0 saturated carbocycles. The molecule has 2 aromatic rings. The third-order valence-electron chi connectivity index (χ3n) is 3.12. The fraction of sp³-hybridized carbons (Fsp3) is 0.200. The summed E-state index contributed by atoms with van der Waals surface area (Å²) in [4.78, 5) is 0. The van der Waals surface area contributed by atoms with Crippen LogP contribution in [-0.2, 0) is 0 Å². The minimum absolute atomic E-state index is 0.216. The molecule has 0 nitrogen and oxygen atoms in total. The van der Waals surface area contributed by atoms with E-state index in [1.807, 2.05) is 19.9 Å². The molecule has 0 radical (unpaired) electrons. The Morgan fingerprint density at radius 1 is 0.947 bits per heavy atom. The van der Waals surface area contributed by atoms with Crippen molar-refractivity contribution in [1.82, 2.24) is 0 Å². The van der Waals surface area contributed by atoms with Gasteiger partial charge in [-0.15, -0.1) is 11.6 Å². The Kier molecular flexibility index (Phi) is 4.12. The maximum absolute atomic E-state index is 13.7. The van der Waals surface area contributed by atoms with E-state index in [0.717, 1.165) is 17.2 Å². The molecule has 2 aromatic carbocycles. The van der Waals surface area contributed by atoms with E-state index in [-0.39, 0.29) is 5.56 Å². The van der Waals surface area contributed by atoms with Crippen molar-refractivity contribution in [2.24, 2.45) is 0 Å². The molecule has 0 aliphatic heterocycles. The molecule has 0 bridgehead atoms. The van der Waals surface area contributed by atoms with Crippen LogP contribution in [0.3, 0.4) is 0 Å². The van der Waals surface area contributed by atoms with E-state index >= 15 is 0 Å². The molecule has 1 atom stereocenters. The first-order valence-electron chi connectivity index (χ1n) is 5.76. The van der Waals surface area contributed by atoms with Gasteiger partial charge in [-0.3, -0.25) is 0 Å². The third kappa shape index (κ3) is 2.90. The average Bonchev–Trinajstić information content (AvgIpc) is 2.33. The second kappa shape index (κ2) is 5.48. The number of rotatable bonds is 2. The summed E-state index contributed by atoms with van der Waals surface area (Å²) >= 11 is 12.4. The maximum Gasteiger partial charge on any atom is 0.131 e. The summed E-state index contributed by atoms with van der Waals surface area (Å²) in [5.74, 6) is -1.30. The van der Waals surface area contributed by atoms with Crippen LogP contribution in [-0.4, -0.2) is 0 Å². The summed E-state index contributed by atoms with van der Waals surface area (Å²) in [7, 11) is 0. The largest absolute Gasteiger partial charge is 0.207 e. The first kappa shape index (κ1) is 14.3. The Bertz CT molecular complexity index is 624. The molecule has 2 rings (SSSR count). The van der Waals surface area contributed by atoms with Gasteiger partial charge in [-0.05, 0) is 42.7 Å². The molecule has 0 amide bonds. The monoisotopic (exact) mass is 300 g/mol. The fourth-order valence-corrected chi connectivity index (χ4v) is 2.61. The lowest BCUT2D eigenvalue weighted by atomic mass is 9.99. The van der Waals surface area contributed by atoms with E-state index < -0.39 is 17.0 Å². The number of halogens is 4. The van der Waals surface area contributed by atoms with Crippen molar-refractivity contribution in [3.8, 4) is 0 Å². The smallest absolute Gasteiger partial charge is 0.131 e. The second-order valence-corrected chi connectivity index (χ2v) is 5.33. The molecule has 19 heavy (non-hydrogen) atoms. The molecule has 0 aliphatic carbocycles. The lowest BCUT2D eigenvalue weighted by Gasteiger charge is -2.15. The van der Waals surface area contributed by atoms with Gasteiger partial charge < -0.3 is 0 Å². The van der Waals surface area contributed by atoms with Crippen LogP contribution in [0, 0.1) is 25.5 Å². The fourth-order valence-electron chi connectivity index (χ4n) is 1.87. The molecule has 0 aliphatic rings. The van der Waals surface area contributed by atoms with Gasteiger partial charge in [0.2, 0.25) is 0 Å². The summed E-state index contributed by atoms with van der Waals surface area (Å²) < 4.78 is 26.6. The molecule has 0 saturated heterocycles. The van der Waals surface area contributed by atoms with Gasteiger partial charge in [0.1, 0.15) is 11.6 Å². The number of benzene rings is 2. The first-order valence-corrected chi connectivity index (χ1v) is 6.57. The summed E-state index contributed by atoms with van der Waals surface area (Å²) in [6.45, 7) is 3.87. The second-order valence-electron chi connectivity index (χ2n) is 4.49. The molecule has 0 heterocycles. The number of aryl methyl sites for hydroxylation is 2. The van der Waals surface area contributed by atoms with E-state index in [0.29, 0.717) is 10.6 Å². The maximum atomic E-state index is 13.7. The van der Waals surface area contributed by atoms with E-state index in [1.54, 1.807) is 6.07 Å². The zero-order valence-electron chi connectivity index (χ0n) is 10.5. The highest BCUT2D eigenvalue weighted by Crippen LogP contribution is 2.36. The minimum Gasteiger partial charge on any atom is -0.207 e. The Morgan fingerprint density at radius 2 is 1.58 bits per heavy atom. The third-order valence-corrected chi connectivity index (χ3v) is 3.92. The van der Waals surface area contributed by atoms with Crippen molar-refractivity contribution in [2.45, 2.75) is 19.2 Å². The Hall–Kier alpha value is -1.12. The molecule has 0 spiro atoms. The van der Waals surface area contributed by atoms with Crippen LogP contribution in [0.5, 0.6) is 0 Å². The van der Waals surface area contributed by atoms with E-state index in [4.69, 9.17) is 23.2 Å². The lowest BCUT2D eigenvalue weighted by Crippen LogP contribution is -2.00. The SMILES string of the molecule is Cc1cc(Cl)c(C(Cl)c2ccc(F)cc2F)cc1C.